The Labute approximate surface area is 190 Å². The van der Waals surface area contributed by atoms with Crippen LogP contribution >= 0.6 is 0 Å². The topological polar surface area (TPSA) is 75.4 Å². The Morgan fingerprint density at radius 3 is 2.61 bits per heavy atom. The summed E-state index contributed by atoms with van der Waals surface area (Å²) in [5.41, 5.74) is -0.618. The fraction of sp³-hybridized carbons (Fsp3) is 0.625. The van der Waals surface area contributed by atoms with Gasteiger partial charge in [-0.25, -0.2) is 4.98 Å². The van der Waals surface area contributed by atoms with Crippen molar-refractivity contribution >= 4 is 16.8 Å². The van der Waals surface area contributed by atoms with E-state index in [-0.39, 0.29) is 31.6 Å². The van der Waals surface area contributed by atoms with Gasteiger partial charge in [0.05, 0.1) is 35.8 Å². The molecule has 2 heterocycles. The SMILES string of the molecule is Cc1ccc2ncn(CC3(O)CCN(C(=O)[C@H](C)CC(F)(F)F)CC34CCCC4)c(=O)c2c1. The number of piperidine rings is 1. The standard InChI is InChI=1S/C24H30F3N3O3/c1-16-5-6-19-18(11-16)21(32)30(15-28-19)14-23(33)9-10-29(13-22(23)7-3-4-8-22)20(31)17(2)12-24(25,26)27/h5-6,11,15,17,33H,3-4,7-10,12-14H2,1-2H3/t17-,23?/m1/s1. The highest BCUT2D eigenvalue weighted by molar-refractivity contribution is 5.79. The number of carbonyl (C=O) groups excluding carboxylic acids is 1. The average molecular weight is 466 g/mol. The first-order chi connectivity index (χ1) is 15.4. The quantitative estimate of drug-likeness (QED) is 0.745. The van der Waals surface area contributed by atoms with E-state index in [2.05, 4.69) is 4.98 Å². The van der Waals surface area contributed by atoms with Crippen LogP contribution in [0.15, 0.2) is 29.3 Å². The molecule has 180 valence electrons. The Bertz CT molecular complexity index is 1110. The molecule has 1 aromatic heterocycles. The number of nitrogens with zero attached hydrogens (tertiary/aromatic N) is 3. The van der Waals surface area contributed by atoms with E-state index in [1.54, 1.807) is 12.1 Å². The van der Waals surface area contributed by atoms with E-state index in [1.807, 2.05) is 13.0 Å². The fourth-order valence-corrected chi connectivity index (χ4v) is 5.70. The number of alkyl halides is 3. The van der Waals surface area contributed by atoms with Crippen molar-refractivity contribution in [3.63, 3.8) is 0 Å². The lowest BCUT2D eigenvalue weighted by molar-refractivity contribution is -0.172. The maximum absolute atomic E-state index is 13.1. The number of carbonyl (C=O) groups is 1. The molecule has 2 aliphatic rings. The lowest BCUT2D eigenvalue weighted by Gasteiger charge is -2.52. The largest absolute Gasteiger partial charge is 0.389 e. The first-order valence-electron chi connectivity index (χ1n) is 11.5. The lowest BCUT2D eigenvalue weighted by atomic mass is 9.65. The van der Waals surface area contributed by atoms with Crippen LogP contribution in [-0.2, 0) is 11.3 Å². The van der Waals surface area contributed by atoms with E-state index in [0.717, 1.165) is 18.4 Å². The molecule has 1 unspecified atom stereocenters. The van der Waals surface area contributed by atoms with Gasteiger partial charge < -0.3 is 10.0 Å². The number of likely N-dealkylation sites (tertiary alicyclic amines) is 1. The zero-order valence-corrected chi connectivity index (χ0v) is 19.0. The maximum atomic E-state index is 13.1. The van der Waals surface area contributed by atoms with E-state index in [4.69, 9.17) is 0 Å². The number of hydrogen-bond acceptors (Lipinski definition) is 4. The fourth-order valence-electron chi connectivity index (χ4n) is 5.70. The first-order valence-corrected chi connectivity index (χ1v) is 11.5. The van der Waals surface area contributed by atoms with Crippen LogP contribution in [0.2, 0.25) is 0 Å². The van der Waals surface area contributed by atoms with Gasteiger partial charge in [-0.05, 0) is 38.3 Å². The third-order valence-corrected chi connectivity index (χ3v) is 7.52. The van der Waals surface area contributed by atoms with E-state index < -0.39 is 35.4 Å². The zero-order chi connectivity index (χ0) is 24.0. The molecule has 33 heavy (non-hydrogen) atoms. The van der Waals surface area contributed by atoms with E-state index in [1.165, 1.54) is 22.7 Å². The molecule has 0 bridgehead atoms. The van der Waals surface area contributed by atoms with Gasteiger partial charge in [-0.1, -0.05) is 31.4 Å². The molecule has 1 N–H and O–H groups in total. The number of hydrogen-bond donors (Lipinski definition) is 1. The monoisotopic (exact) mass is 465 g/mol. The van der Waals surface area contributed by atoms with Crippen LogP contribution in [0.4, 0.5) is 13.2 Å². The second-order valence-electron chi connectivity index (χ2n) is 9.95. The molecule has 1 aliphatic heterocycles. The van der Waals surface area contributed by atoms with Crippen LogP contribution in [0, 0.1) is 18.3 Å². The van der Waals surface area contributed by atoms with Gasteiger partial charge in [-0.3, -0.25) is 14.2 Å². The predicted molar refractivity (Wildman–Crippen MR) is 118 cm³/mol. The van der Waals surface area contributed by atoms with Gasteiger partial charge in [0.25, 0.3) is 5.56 Å². The number of aryl methyl sites for hydroxylation is 1. The highest BCUT2D eigenvalue weighted by atomic mass is 19.4. The lowest BCUT2D eigenvalue weighted by Crippen LogP contribution is -2.62. The number of fused-ring (bicyclic) bond motifs is 1. The molecule has 2 atom stereocenters. The number of benzene rings is 1. The van der Waals surface area contributed by atoms with E-state index in [0.29, 0.717) is 23.7 Å². The van der Waals surface area contributed by atoms with E-state index in [9.17, 15) is 27.9 Å². The van der Waals surface area contributed by atoms with Gasteiger partial charge in [-0.15, -0.1) is 0 Å². The molecule has 6 nitrogen and oxygen atoms in total. The molecule has 0 radical (unpaired) electrons. The second kappa shape index (κ2) is 8.42. The average Bonchev–Trinajstić information content (AvgIpc) is 3.21. The van der Waals surface area contributed by atoms with Gasteiger partial charge in [0.1, 0.15) is 0 Å². The number of aromatic nitrogens is 2. The third kappa shape index (κ3) is 4.52. The predicted octanol–water partition coefficient (Wildman–Crippen LogP) is 3.82. The Morgan fingerprint density at radius 1 is 1.24 bits per heavy atom. The van der Waals surface area contributed by atoms with Gasteiger partial charge >= 0.3 is 6.18 Å². The third-order valence-electron chi connectivity index (χ3n) is 7.52. The first kappa shape index (κ1) is 23.7. The van der Waals surface area contributed by atoms with Crippen LogP contribution in [-0.4, -0.2) is 50.3 Å². The molecule has 9 heteroatoms. The molecular weight excluding hydrogens is 435 g/mol. The Morgan fingerprint density at radius 2 is 1.94 bits per heavy atom. The molecule has 2 fully saturated rings. The minimum absolute atomic E-state index is 0.0445. The molecule has 1 spiro atoms. The summed E-state index contributed by atoms with van der Waals surface area (Å²) in [6.45, 7) is 3.61. The summed E-state index contributed by atoms with van der Waals surface area (Å²) in [7, 11) is 0. The van der Waals surface area contributed by atoms with Crippen molar-refractivity contribution < 1.29 is 23.1 Å². The normalized spacial score (nSPS) is 23.9. The Balaban J connectivity index is 1.61. The van der Waals surface area contributed by atoms with Gasteiger partial charge in [0.15, 0.2) is 0 Å². The summed E-state index contributed by atoms with van der Waals surface area (Å²) in [5, 5.41) is 12.3. The van der Waals surface area contributed by atoms with E-state index >= 15 is 0 Å². The van der Waals surface area contributed by atoms with Crippen molar-refractivity contribution in [2.45, 2.75) is 70.7 Å². The molecule has 1 aliphatic carbocycles. The second-order valence-corrected chi connectivity index (χ2v) is 9.95. The van der Waals surface area contributed by atoms with Crippen molar-refractivity contribution in [2.24, 2.45) is 11.3 Å². The van der Waals surface area contributed by atoms with Gasteiger partial charge in [0.2, 0.25) is 5.91 Å². The molecular formula is C24H30F3N3O3. The number of aliphatic hydroxyl groups is 1. The van der Waals surface area contributed by atoms with Crippen molar-refractivity contribution in [1.29, 1.82) is 0 Å². The maximum Gasteiger partial charge on any atom is 0.389 e. The van der Waals surface area contributed by atoms with Crippen molar-refractivity contribution in [3.05, 3.63) is 40.4 Å². The number of halogens is 3. The van der Waals surface area contributed by atoms with Crippen molar-refractivity contribution in [2.75, 3.05) is 13.1 Å². The Hall–Kier alpha value is -2.42. The van der Waals surface area contributed by atoms with Crippen LogP contribution in [0.1, 0.15) is 51.0 Å². The Kier molecular flexibility index (Phi) is 6.05. The van der Waals surface area contributed by atoms with Gasteiger partial charge in [-0.2, -0.15) is 13.2 Å². The molecule has 1 aromatic carbocycles. The zero-order valence-electron chi connectivity index (χ0n) is 19.0. The van der Waals surface area contributed by atoms with Crippen molar-refractivity contribution in [1.82, 2.24) is 14.5 Å². The molecule has 4 rings (SSSR count). The van der Waals surface area contributed by atoms with Crippen LogP contribution in [0.25, 0.3) is 10.9 Å². The molecule has 1 saturated carbocycles. The summed E-state index contributed by atoms with van der Waals surface area (Å²) in [6, 6.07) is 5.45. The summed E-state index contributed by atoms with van der Waals surface area (Å²) < 4.78 is 39.9. The number of rotatable bonds is 4. The highest BCUT2D eigenvalue weighted by Crippen LogP contribution is 2.51. The summed E-state index contributed by atoms with van der Waals surface area (Å²) in [5.74, 6) is -1.69. The number of amides is 1. The smallest absolute Gasteiger partial charge is 0.387 e. The van der Waals surface area contributed by atoms with Crippen LogP contribution < -0.4 is 5.56 Å². The minimum atomic E-state index is -4.40. The molecule has 1 amide bonds. The van der Waals surface area contributed by atoms with Gasteiger partial charge in [0, 0.05) is 24.4 Å². The molecule has 2 aromatic rings. The van der Waals surface area contributed by atoms with Crippen molar-refractivity contribution in [3.8, 4) is 0 Å². The van der Waals surface area contributed by atoms with Crippen LogP contribution in [0.3, 0.4) is 0 Å². The summed E-state index contributed by atoms with van der Waals surface area (Å²) in [4.78, 5) is 31.8. The van der Waals surface area contributed by atoms with Crippen LogP contribution in [0.5, 0.6) is 0 Å². The molecule has 1 saturated heterocycles. The summed E-state index contributed by atoms with van der Waals surface area (Å²) >= 11 is 0. The summed E-state index contributed by atoms with van der Waals surface area (Å²) in [6.07, 6.45) is -0.847. The highest BCUT2D eigenvalue weighted by Gasteiger charge is 2.56. The minimum Gasteiger partial charge on any atom is -0.387 e.